The largest absolute Gasteiger partial charge is 0.484 e. The molecule has 0 aromatic heterocycles. The van der Waals surface area contributed by atoms with Crippen LogP contribution in [0.25, 0.3) is 0 Å². The number of likely N-dealkylation sites (N-methyl/N-ethyl adjacent to an activating group) is 1. The predicted octanol–water partition coefficient (Wildman–Crippen LogP) is 2.06. The smallest absolute Gasteiger partial charge is 0.262 e. The van der Waals surface area contributed by atoms with Crippen LogP contribution in [0.4, 0.5) is 5.69 Å². The van der Waals surface area contributed by atoms with Crippen molar-refractivity contribution < 1.29 is 26.4 Å². The number of hydrogen-bond acceptors (Lipinski definition) is 7. The van der Waals surface area contributed by atoms with E-state index >= 15 is 0 Å². The third kappa shape index (κ3) is 6.68. The molecule has 0 atom stereocenters. The zero-order valence-corrected chi connectivity index (χ0v) is 22.8. The summed E-state index contributed by atoms with van der Waals surface area (Å²) in [5.74, 6) is 0.477. The van der Waals surface area contributed by atoms with E-state index in [2.05, 4.69) is 17.1 Å². The van der Waals surface area contributed by atoms with E-state index in [0.717, 1.165) is 12.8 Å². The van der Waals surface area contributed by atoms with Crippen LogP contribution in [-0.2, 0) is 24.8 Å². The third-order valence-electron chi connectivity index (χ3n) is 6.81. The average Bonchev–Trinajstić information content (AvgIpc) is 2.88. The number of nitrogens with zero attached hydrogens (tertiary/aromatic N) is 3. The number of ether oxygens (including phenoxy) is 1. The highest BCUT2D eigenvalue weighted by molar-refractivity contribution is 7.89. The average molecular weight is 551 g/mol. The van der Waals surface area contributed by atoms with Crippen LogP contribution in [0.5, 0.6) is 5.75 Å². The van der Waals surface area contributed by atoms with Crippen LogP contribution in [0, 0.1) is 5.92 Å². The maximum atomic E-state index is 12.8. The minimum Gasteiger partial charge on any atom is -0.484 e. The zero-order valence-electron chi connectivity index (χ0n) is 21.2. The number of piperidine rings is 1. The molecule has 4 rings (SSSR count). The quantitative estimate of drug-likeness (QED) is 0.535. The summed E-state index contributed by atoms with van der Waals surface area (Å²) in [4.78, 5) is 14.8. The van der Waals surface area contributed by atoms with Crippen LogP contribution in [0.2, 0.25) is 0 Å². The van der Waals surface area contributed by atoms with Gasteiger partial charge in [0.15, 0.2) is 6.61 Å². The van der Waals surface area contributed by atoms with Crippen molar-refractivity contribution in [1.82, 2.24) is 13.5 Å². The summed E-state index contributed by atoms with van der Waals surface area (Å²) in [7, 11) is -5.17. The monoisotopic (exact) mass is 550 g/mol. The van der Waals surface area contributed by atoms with Gasteiger partial charge in [-0.1, -0.05) is 6.92 Å². The molecular weight excluding hydrogens is 516 g/mol. The van der Waals surface area contributed by atoms with Gasteiger partial charge in [0, 0.05) is 45.0 Å². The van der Waals surface area contributed by atoms with Gasteiger partial charge >= 0.3 is 0 Å². The van der Waals surface area contributed by atoms with Crippen molar-refractivity contribution in [3.63, 3.8) is 0 Å². The number of carbonyl (C=O) groups is 1. The zero-order chi connectivity index (χ0) is 26.6. The molecule has 2 heterocycles. The van der Waals surface area contributed by atoms with Crippen LogP contribution in [0.3, 0.4) is 0 Å². The van der Waals surface area contributed by atoms with Crippen LogP contribution >= 0.6 is 0 Å². The number of rotatable bonds is 8. The predicted molar refractivity (Wildman–Crippen MR) is 140 cm³/mol. The fraction of sp³-hybridized carbons (Fsp3) is 0.480. The van der Waals surface area contributed by atoms with Crippen molar-refractivity contribution in [1.29, 1.82) is 0 Å². The molecule has 37 heavy (non-hydrogen) atoms. The molecule has 0 bridgehead atoms. The van der Waals surface area contributed by atoms with Crippen molar-refractivity contribution in [2.45, 2.75) is 29.6 Å². The van der Waals surface area contributed by atoms with Gasteiger partial charge in [-0.3, -0.25) is 4.79 Å². The summed E-state index contributed by atoms with van der Waals surface area (Å²) >= 11 is 0. The molecule has 2 fully saturated rings. The van der Waals surface area contributed by atoms with Gasteiger partial charge in [-0.15, -0.1) is 0 Å². The van der Waals surface area contributed by atoms with Crippen molar-refractivity contribution >= 4 is 31.6 Å². The van der Waals surface area contributed by atoms with Gasteiger partial charge in [-0.05, 0) is 74.3 Å². The minimum atomic E-state index is -3.58. The minimum absolute atomic E-state index is 0.181. The van der Waals surface area contributed by atoms with Gasteiger partial charge in [0.05, 0.1) is 9.79 Å². The molecule has 2 aliphatic heterocycles. The first-order chi connectivity index (χ1) is 17.6. The van der Waals surface area contributed by atoms with Crippen LogP contribution < -0.4 is 10.1 Å². The Kier molecular flexibility index (Phi) is 8.54. The molecule has 1 amide bonds. The van der Waals surface area contributed by atoms with E-state index in [-0.39, 0.29) is 16.4 Å². The number of carbonyl (C=O) groups excluding carboxylic acids is 1. The molecule has 2 aromatic carbocycles. The second-order valence-electron chi connectivity index (χ2n) is 9.63. The van der Waals surface area contributed by atoms with E-state index in [1.807, 2.05) is 7.05 Å². The molecule has 202 valence electrons. The lowest BCUT2D eigenvalue weighted by molar-refractivity contribution is -0.118. The summed E-state index contributed by atoms with van der Waals surface area (Å²) in [5, 5.41) is 2.68. The number of nitrogens with one attached hydrogen (secondary N) is 1. The molecule has 0 unspecified atom stereocenters. The molecule has 2 saturated heterocycles. The Labute approximate surface area is 219 Å². The highest BCUT2D eigenvalue weighted by Gasteiger charge is 2.29. The summed E-state index contributed by atoms with van der Waals surface area (Å²) in [6.45, 7) is 5.14. The van der Waals surface area contributed by atoms with Crippen molar-refractivity contribution in [3.8, 4) is 5.75 Å². The molecule has 0 radical (unpaired) electrons. The fourth-order valence-corrected chi connectivity index (χ4v) is 7.21. The number of piperazine rings is 1. The highest BCUT2D eigenvalue weighted by Crippen LogP contribution is 2.25. The first-order valence-electron chi connectivity index (χ1n) is 12.4. The normalized spacial score (nSPS) is 19.0. The van der Waals surface area contributed by atoms with Crippen molar-refractivity contribution in [3.05, 3.63) is 48.5 Å². The second kappa shape index (κ2) is 11.5. The molecule has 0 spiro atoms. The Morgan fingerprint density at radius 3 is 1.84 bits per heavy atom. The lowest BCUT2D eigenvalue weighted by Gasteiger charge is -2.31. The summed E-state index contributed by atoms with van der Waals surface area (Å²) in [5.41, 5.74) is 0.447. The Bertz CT molecular complexity index is 1280. The maximum Gasteiger partial charge on any atom is 0.262 e. The Morgan fingerprint density at radius 2 is 1.30 bits per heavy atom. The lowest BCUT2D eigenvalue weighted by atomic mass is 10.0. The van der Waals surface area contributed by atoms with Gasteiger partial charge in [0.1, 0.15) is 5.75 Å². The summed E-state index contributed by atoms with van der Waals surface area (Å²) in [6.07, 6.45) is 1.70. The topological polar surface area (TPSA) is 116 Å². The number of sulfonamides is 2. The van der Waals surface area contributed by atoms with Crippen LogP contribution in [0.15, 0.2) is 58.3 Å². The summed E-state index contributed by atoms with van der Waals surface area (Å²) < 4.78 is 59.8. The standard InChI is InChI=1S/C25H34N4O6S2/c1-20-11-13-28(14-12-20)36(31,32)24-9-5-22(6-10-24)35-19-25(30)26-21-3-7-23(8-4-21)37(33,34)29-17-15-27(2)16-18-29/h3-10,20H,11-19H2,1-2H3,(H,26,30). The Hall–Kier alpha value is -2.51. The Balaban J connectivity index is 1.29. The van der Waals surface area contributed by atoms with E-state index < -0.39 is 26.0 Å². The first kappa shape index (κ1) is 27.5. The lowest BCUT2D eigenvalue weighted by Crippen LogP contribution is -2.46. The van der Waals surface area contributed by atoms with E-state index in [4.69, 9.17) is 4.74 Å². The van der Waals surface area contributed by atoms with E-state index in [0.29, 0.717) is 56.6 Å². The molecule has 10 nitrogen and oxygen atoms in total. The molecule has 1 N–H and O–H groups in total. The van der Waals surface area contributed by atoms with Gasteiger partial charge in [0.2, 0.25) is 20.0 Å². The molecular formula is C25H34N4O6S2. The van der Waals surface area contributed by atoms with Gasteiger partial charge in [-0.2, -0.15) is 8.61 Å². The number of amides is 1. The van der Waals surface area contributed by atoms with Gasteiger partial charge in [0.25, 0.3) is 5.91 Å². The highest BCUT2D eigenvalue weighted by atomic mass is 32.2. The molecule has 0 saturated carbocycles. The first-order valence-corrected chi connectivity index (χ1v) is 15.3. The number of benzene rings is 2. The Morgan fingerprint density at radius 1 is 0.811 bits per heavy atom. The van der Waals surface area contributed by atoms with E-state index in [1.54, 1.807) is 12.1 Å². The van der Waals surface area contributed by atoms with Crippen LogP contribution in [0.1, 0.15) is 19.8 Å². The summed E-state index contributed by atoms with van der Waals surface area (Å²) in [6, 6.07) is 12.1. The third-order valence-corrected chi connectivity index (χ3v) is 10.6. The SMILES string of the molecule is CC1CCN(S(=O)(=O)c2ccc(OCC(=O)Nc3ccc(S(=O)(=O)N4CCN(C)CC4)cc3)cc2)CC1. The molecule has 0 aliphatic carbocycles. The second-order valence-corrected chi connectivity index (χ2v) is 13.5. The molecule has 2 aromatic rings. The van der Waals surface area contributed by atoms with Gasteiger partial charge in [-0.25, -0.2) is 16.8 Å². The van der Waals surface area contributed by atoms with Gasteiger partial charge < -0.3 is 15.0 Å². The number of hydrogen-bond donors (Lipinski definition) is 1. The van der Waals surface area contributed by atoms with Crippen molar-refractivity contribution in [2.24, 2.45) is 5.92 Å². The molecule has 12 heteroatoms. The number of anilines is 1. The van der Waals surface area contributed by atoms with Crippen molar-refractivity contribution in [2.75, 3.05) is 58.2 Å². The van der Waals surface area contributed by atoms with Crippen LogP contribution in [-0.4, -0.2) is 89.2 Å². The van der Waals surface area contributed by atoms with E-state index in [9.17, 15) is 21.6 Å². The fourth-order valence-electron chi connectivity index (χ4n) is 4.32. The van der Waals surface area contributed by atoms with E-state index in [1.165, 1.54) is 45.0 Å². The molecule has 2 aliphatic rings. The maximum absolute atomic E-state index is 12.8.